The zero-order valence-corrected chi connectivity index (χ0v) is 5.91. The Labute approximate surface area is 57.4 Å². The lowest BCUT2D eigenvalue weighted by Gasteiger charge is -2.02. The van der Waals surface area contributed by atoms with E-state index >= 15 is 0 Å². The van der Waals surface area contributed by atoms with Gasteiger partial charge in [0.05, 0.1) is 0 Å². The highest BCUT2D eigenvalue weighted by Gasteiger charge is 2.24. The molecule has 0 N–H and O–H groups in total. The molecule has 0 saturated carbocycles. The first kappa shape index (κ1) is 5.00. The standard InChI is InChI=1S/C6H6S2/c1-3-7-6-2-4-8-5(1)6/h1-6H. The van der Waals surface area contributed by atoms with Gasteiger partial charge in [0.25, 0.3) is 0 Å². The fraction of sp³-hybridized carbons (Fsp3) is 0.333. The zero-order chi connectivity index (χ0) is 5.40. The minimum absolute atomic E-state index is 0.764. The van der Waals surface area contributed by atoms with Crippen LogP contribution in [0.3, 0.4) is 0 Å². The minimum Gasteiger partial charge on any atom is -0.125 e. The first-order valence-corrected chi connectivity index (χ1v) is 4.50. The summed E-state index contributed by atoms with van der Waals surface area (Å²) in [6.45, 7) is 0. The van der Waals surface area contributed by atoms with Crippen molar-refractivity contribution in [1.29, 1.82) is 0 Å². The molecule has 0 aromatic heterocycles. The van der Waals surface area contributed by atoms with Crippen LogP contribution in [0.1, 0.15) is 0 Å². The third kappa shape index (κ3) is 0.633. The van der Waals surface area contributed by atoms with Crippen LogP contribution < -0.4 is 0 Å². The monoisotopic (exact) mass is 142 g/mol. The van der Waals surface area contributed by atoms with Crippen molar-refractivity contribution in [2.45, 2.75) is 10.5 Å². The summed E-state index contributed by atoms with van der Waals surface area (Å²) in [5, 5.41) is 5.93. The van der Waals surface area contributed by atoms with Gasteiger partial charge in [0.1, 0.15) is 0 Å². The molecule has 2 atom stereocenters. The van der Waals surface area contributed by atoms with Crippen LogP contribution in [-0.4, -0.2) is 10.5 Å². The molecule has 0 bridgehead atoms. The summed E-state index contributed by atoms with van der Waals surface area (Å²) in [7, 11) is 0. The third-order valence-corrected chi connectivity index (χ3v) is 3.66. The second-order valence-corrected chi connectivity index (χ2v) is 4.04. The highest BCUT2D eigenvalue weighted by molar-refractivity contribution is 8.08. The van der Waals surface area contributed by atoms with Crippen LogP contribution in [0.2, 0.25) is 0 Å². The molecule has 2 heterocycles. The average Bonchev–Trinajstić information content (AvgIpc) is 2.15. The van der Waals surface area contributed by atoms with Gasteiger partial charge in [0.15, 0.2) is 0 Å². The zero-order valence-electron chi connectivity index (χ0n) is 4.28. The number of rotatable bonds is 0. The van der Waals surface area contributed by atoms with Crippen molar-refractivity contribution in [1.82, 2.24) is 0 Å². The van der Waals surface area contributed by atoms with Gasteiger partial charge in [0, 0.05) is 10.5 Å². The molecular weight excluding hydrogens is 136 g/mol. The largest absolute Gasteiger partial charge is 0.125 e. The lowest BCUT2D eigenvalue weighted by Crippen LogP contribution is -2.03. The molecule has 0 aromatic rings. The van der Waals surface area contributed by atoms with Gasteiger partial charge in [0.2, 0.25) is 0 Å². The summed E-state index contributed by atoms with van der Waals surface area (Å²) in [6.07, 6.45) is 4.56. The Kier molecular flexibility index (Phi) is 1.16. The van der Waals surface area contributed by atoms with Gasteiger partial charge in [-0.05, 0) is 10.8 Å². The molecule has 0 spiro atoms. The van der Waals surface area contributed by atoms with Gasteiger partial charge >= 0.3 is 0 Å². The average molecular weight is 142 g/mol. The van der Waals surface area contributed by atoms with Gasteiger partial charge in [-0.15, -0.1) is 23.5 Å². The summed E-state index contributed by atoms with van der Waals surface area (Å²) < 4.78 is 0. The summed E-state index contributed by atoms with van der Waals surface area (Å²) in [6, 6.07) is 0. The molecule has 0 amide bonds. The SMILES string of the molecule is C1=CC2SC=CC2S1. The molecule has 2 aliphatic heterocycles. The van der Waals surface area contributed by atoms with E-state index in [4.69, 9.17) is 0 Å². The molecule has 0 aromatic carbocycles. The van der Waals surface area contributed by atoms with E-state index in [-0.39, 0.29) is 0 Å². The Hall–Kier alpha value is 0.180. The van der Waals surface area contributed by atoms with Crippen LogP contribution in [0.4, 0.5) is 0 Å². The minimum atomic E-state index is 0.764. The highest BCUT2D eigenvalue weighted by Crippen LogP contribution is 2.39. The number of thioether (sulfide) groups is 2. The Morgan fingerprint density at radius 2 is 1.38 bits per heavy atom. The van der Waals surface area contributed by atoms with Crippen LogP contribution in [0.15, 0.2) is 23.0 Å². The fourth-order valence-electron chi connectivity index (χ4n) is 0.892. The number of hydrogen-bond acceptors (Lipinski definition) is 2. The van der Waals surface area contributed by atoms with Gasteiger partial charge in [-0.3, -0.25) is 0 Å². The van der Waals surface area contributed by atoms with Crippen LogP contribution in [0.5, 0.6) is 0 Å². The van der Waals surface area contributed by atoms with E-state index in [0.717, 1.165) is 10.5 Å². The molecule has 42 valence electrons. The van der Waals surface area contributed by atoms with Crippen molar-refractivity contribution in [3.05, 3.63) is 23.0 Å². The molecule has 0 radical (unpaired) electrons. The molecule has 8 heavy (non-hydrogen) atoms. The van der Waals surface area contributed by atoms with E-state index in [2.05, 4.69) is 23.0 Å². The quantitative estimate of drug-likeness (QED) is 0.509. The van der Waals surface area contributed by atoms with Crippen molar-refractivity contribution in [2.75, 3.05) is 0 Å². The van der Waals surface area contributed by atoms with Gasteiger partial charge < -0.3 is 0 Å². The van der Waals surface area contributed by atoms with E-state index in [9.17, 15) is 0 Å². The maximum atomic E-state index is 2.28. The maximum absolute atomic E-state index is 2.28. The van der Waals surface area contributed by atoms with Crippen molar-refractivity contribution >= 4 is 23.5 Å². The summed E-state index contributed by atoms with van der Waals surface area (Å²) in [4.78, 5) is 0. The molecule has 2 heteroatoms. The van der Waals surface area contributed by atoms with Crippen LogP contribution in [0.25, 0.3) is 0 Å². The predicted molar refractivity (Wildman–Crippen MR) is 41.0 cm³/mol. The van der Waals surface area contributed by atoms with Crippen molar-refractivity contribution in [3.8, 4) is 0 Å². The first-order valence-electron chi connectivity index (χ1n) is 2.61. The molecule has 2 aliphatic rings. The van der Waals surface area contributed by atoms with Crippen molar-refractivity contribution in [2.24, 2.45) is 0 Å². The van der Waals surface area contributed by atoms with E-state index < -0.39 is 0 Å². The van der Waals surface area contributed by atoms with Gasteiger partial charge in [-0.2, -0.15) is 0 Å². The molecule has 0 fully saturated rings. The third-order valence-electron chi connectivity index (χ3n) is 1.33. The maximum Gasteiger partial charge on any atom is 0.0434 e. The second-order valence-electron chi connectivity index (χ2n) is 1.86. The molecular formula is C6H6S2. The lowest BCUT2D eigenvalue weighted by atomic mass is 10.3. The number of fused-ring (bicyclic) bond motifs is 1. The van der Waals surface area contributed by atoms with E-state index in [1.165, 1.54) is 0 Å². The van der Waals surface area contributed by atoms with E-state index in [1.807, 2.05) is 23.5 Å². The van der Waals surface area contributed by atoms with Gasteiger partial charge in [-0.25, -0.2) is 0 Å². The smallest absolute Gasteiger partial charge is 0.0434 e. The van der Waals surface area contributed by atoms with E-state index in [1.54, 1.807) is 0 Å². The highest BCUT2D eigenvalue weighted by atomic mass is 32.2. The second kappa shape index (κ2) is 1.85. The Bertz CT molecular complexity index is 131. The molecule has 2 unspecified atom stereocenters. The van der Waals surface area contributed by atoms with Crippen molar-refractivity contribution in [3.63, 3.8) is 0 Å². The topological polar surface area (TPSA) is 0 Å². The summed E-state index contributed by atoms with van der Waals surface area (Å²) in [5.41, 5.74) is 0. The van der Waals surface area contributed by atoms with Gasteiger partial charge in [-0.1, -0.05) is 12.2 Å². The van der Waals surface area contributed by atoms with Crippen LogP contribution in [0, 0.1) is 0 Å². The molecule has 0 saturated heterocycles. The number of hydrogen-bond donors (Lipinski definition) is 0. The van der Waals surface area contributed by atoms with E-state index in [0.29, 0.717) is 0 Å². The Morgan fingerprint density at radius 3 is 1.88 bits per heavy atom. The van der Waals surface area contributed by atoms with Crippen LogP contribution >= 0.6 is 23.5 Å². The predicted octanol–water partition coefficient (Wildman–Crippen LogP) is 2.24. The summed E-state index contributed by atoms with van der Waals surface area (Å²) >= 11 is 3.85. The normalized spacial score (nSPS) is 41.0. The lowest BCUT2D eigenvalue weighted by molar-refractivity contribution is 1.14. The molecule has 0 nitrogen and oxygen atoms in total. The molecule has 0 aliphatic carbocycles. The Morgan fingerprint density at radius 1 is 0.875 bits per heavy atom. The fourth-order valence-corrected chi connectivity index (χ4v) is 3.19. The Balaban J connectivity index is 2.20. The molecule has 2 rings (SSSR count). The first-order chi connectivity index (χ1) is 3.97. The summed E-state index contributed by atoms with van der Waals surface area (Å²) in [5.74, 6) is 0. The van der Waals surface area contributed by atoms with Crippen molar-refractivity contribution < 1.29 is 0 Å². The van der Waals surface area contributed by atoms with Crippen LogP contribution in [-0.2, 0) is 0 Å².